The van der Waals surface area contributed by atoms with Gasteiger partial charge in [-0.3, -0.25) is 9.78 Å². The zero-order valence-corrected chi connectivity index (χ0v) is 14.6. The maximum atomic E-state index is 12.1. The van der Waals surface area contributed by atoms with Crippen molar-refractivity contribution in [2.75, 3.05) is 5.75 Å². The molecule has 0 aliphatic carbocycles. The number of rotatable bonds is 8. The van der Waals surface area contributed by atoms with Crippen molar-refractivity contribution in [3.63, 3.8) is 0 Å². The van der Waals surface area contributed by atoms with Gasteiger partial charge in [0.05, 0.1) is 11.7 Å². The quantitative estimate of drug-likeness (QED) is 0.735. The predicted molar refractivity (Wildman–Crippen MR) is 97.4 cm³/mol. The molecule has 1 heterocycles. The van der Waals surface area contributed by atoms with Crippen LogP contribution in [0.25, 0.3) is 0 Å². The molecule has 2 aromatic rings. The lowest BCUT2D eigenvalue weighted by Crippen LogP contribution is -2.29. The number of carbonyl (C=O) groups excluding carboxylic acids is 1. The van der Waals surface area contributed by atoms with E-state index < -0.39 is 0 Å². The second-order valence-electron chi connectivity index (χ2n) is 5.52. The predicted octanol–water partition coefficient (Wildman–Crippen LogP) is 4.28. The Hall–Kier alpha value is -1.81. The lowest BCUT2D eigenvalue weighted by Gasteiger charge is -2.17. The van der Waals surface area contributed by atoms with Gasteiger partial charge in [-0.2, -0.15) is 11.8 Å². The normalized spacial score (nSPS) is 11.9. The van der Waals surface area contributed by atoms with Gasteiger partial charge in [-0.15, -0.1) is 0 Å². The first kappa shape index (κ1) is 17.5. The smallest absolute Gasteiger partial charge is 0.221 e. The zero-order chi connectivity index (χ0) is 16.5. The Morgan fingerprint density at radius 1 is 1.17 bits per heavy atom. The van der Waals surface area contributed by atoms with Gasteiger partial charge >= 0.3 is 0 Å². The number of pyridine rings is 1. The number of hydrogen-bond acceptors (Lipinski definition) is 3. The number of amides is 1. The van der Waals surface area contributed by atoms with Crippen molar-refractivity contribution >= 4 is 17.7 Å². The van der Waals surface area contributed by atoms with E-state index in [9.17, 15) is 4.79 Å². The van der Waals surface area contributed by atoms with Crippen LogP contribution in [0.2, 0.25) is 0 Å². The molecule has 1 amide bonds. The third kappa shape index (κ3) is 6.06. The van der Waals surface area contributed by atoms with E-state index in [4.69, 9.17) is 0 Å². The van der Waals surface area contributed by atoms with E-state index in [1.807, 2.05) is 43.3 Å². The van der Waals surface area contributed by atoms with Crippen molar-refractivity contribution in [2.24, 2.45) is 0 Å². The van der Waals surface area contributed by atoms with E-state index in [0.29, 0.717) is 6.42 Å². The van der Waals surface area contributed by atoms with Crippen molar-refractivity contribution in [2.45, 2.75) is 38.5 Å². The second kappa shape index (κ2) is 9.36. The maximum absolute atomic E-state index is 12.1. The Morgan fingerprint density at radius 3 is 2.65 bits per heavy atom. The highest BCUT2D eigenvalue weighted by atomic mass is 32.2. The number of benzene rings is 1. The monoisotopic (exact) mass is 328 g/mol. The first-order valence-electron chi connectivity index (χ1n) is 8.03. The van der Waals surface area contributed by atoms with E-state index >= 15 is 0 Å². The van der Waals surface area contributed by atoms with Gasteiger partial charge in [0.1, 0.15) is 0 Å². The van der Waals surface area contributed by atoms with Crippen LogP contribution < -0.4 is 5.32 Å². The van der Waals surface area contributed by atoms with Crippen LogP contribution >= 0.6 is 11.8 Å². The molecular formula is C19H24N2OS. The van der Waals surface area contributed by atoms with Gasteiger partial charge < -0.3 is 5.32 Å². The average Bonchev–Trinajstić information content (AvgIpc) is 2.57. The lowest BCUT2D eigenvalue weighted by molar-refractivity contribution is -0.121. The van der Waals surface area contributed by atoms with E-state index in [1.54, 1.807) is 11.8 Å². The van der Waals surface area contributed by atoms with E-state index in [-0.39, 0.29) is 11.9 Å². The first-order chi connectivity index (χ1) is 11.2. The maximum Gasteiger partial charge on any atom is 0.221 e. The number of nitrogens with one attached hydrogen (secondary N) is 1. The average molecular weight is 328 g/mol. The number of hydrogen-bond donors (Lipinski definition) is 1. The molecule has 0 unspecified atom stereocenters. The molecule has 1 atom stereocenters. The van der Waals surface area contributed by atoms with Gasteiger partial charge in [-0.1, -0.05) is 43.3 Å². The molecule has 0 aliphatic rings. The Morgan fingerprint density at radius 2 is 1.96 bits per heavy atom. The van der Waals surface area contributed by atoms with Crippen molar-refractivity contribution in [1.82, 2.24) is 10.3 Å². The highest BCUT2D eigenvalue weighted by Gasteiger charge is 2.13. The van der Waals surface area contributed by atoms with Crippen molar-refractivity contribution in [3.8, 4) is 0 Å². The second-order valence-corrected chi connectivity index (χ2v) is 6.63. The third-order valence-corrected chi connectivity index (χ3v) is 4.63. The zero-order valence-electron chi connectivity index (χ0n) is 13.8. The molecular weight excluding hydrogens is 304 g/mol. The largest absolute Gasteiger partial charge is 0.348 e. The summed E-state index contributed by atoms with van der Waals surface area (Å²) in [6.45, 7) is 4.04. The number of carbonyl (C=O) groups is 1. The molecule has 4 heteroatoms. The molecule has 0 fully saturated rings. The summed E-state index contributed by atoms with van der Waals surface area (Å²) >= 11 is 1.79. The van der Waals surface area contributed by atoms with Crippen molar-refractivity contribution in [1.29, 1.82) is 0 Å². The molecule has 2 rings (SSSR count). The van der Waals surface area contributed by atoms with Gasteiger partial charge in [0.15, 0.2) is 0 Å². The Kier molecular flexibility index (Phi) is 7.14. The van der Waals surface area contributed by atoms with Crippen molar-refractivity contribution < 1.29 is 4.79 Å². The fourth-order valence-electron chi connectivity index (χ4n) is 2.34. The SMILES string of the molecule is CC[C@@H](NC(=O)CCSCc1ccccc1)c1cccc(C)n1. The molecule has 0 bridgehead atoms. The molecule has 1 aromatic carbocycles. The summed E-state index contributed by atoms with van der Waals surface area (Å²) in [6.07, 6.45) is 1.39. The summed E-state index contributed by atoms with van der Waals surface area (Å²) in [6, 6.07) is 16.3. The van der Waals surface area contributed by atoms with Gasteiger partial charge in [0.25, 0.3) is 0 Å². The fourth-order valence-corrected chi connectivity index (χ4v) is 3.24. The standard InChI is InChI=1S/C19H24N2OS/c1-3-17(18-11-7-8-15(2)20-18)21-19(22)12-13-23-14-16-9-5-4-6-10-16/h4-11,17H,3,12-14H2,1-2H3,(H,21,22)/t17-/m1/s1. The molecule has 0 saturated carbocycles. The van der Waals surface area contributed by atoms with Crippen LogP contribution in [-0.2, 0) is 10.5 Å². The summed E-state index contributed by atoms with van der Waals surface area (Å²) in [5.41, 5.74) is 3.22. The molecule has 1 N–H and O–H groups in total. The molecule has 0 spiro atoms. The molecule has 0 saturated heterocycles. The first-order valence-corrected chi connectivity index (χ1v) is 9.19. The highest BCUT2D eigenvalue weighted by Crippen LogP contribution is 2.16. The topological polar surface area (TPSA) is 42.0 Å². The molecule has 1 aromatic heterocycles. The van der Waals surface area contributed by atoms with Crippen molar-refractivity contribution in [3.05, 3.63) is 65.5 Å². The number of aromatic nitrogens is 1. The number of thioether (sulfide) groups is 1. The molecule has 23 heavy (non-hydrogen) atoms. The van der Waals surface area contributed by atoms with Crippen LogP contribution in [0.4, 0.5) is 0 Å². The lowest BCUT2D eigenvalue weighted by atomic mass is 10.1. The Labute approximate surface area is 142 Å². The third-order valence-electron chi connectivity index (χ3n) is 3.60. The Balaban J connectivity index is 1.75. The molecule has 0 aliphatic heterocycles. The number of nitrogens with zero attached hydrogens (tertiary/aromatic N) is 1. The van der Waals surface area contributed by atoms with Crippen LogP contribution in [-0.4, -0.2) is 16.6 Å². The van der Waals surface area contributed by atoms with Crippen LogP contribution in [0.1, 0.15) is 42.8 Å². The van der Waals surface area contributed by atoms with Gasteiger partial charge in [-0.05, 0) is 31.0 Å². The summed E-state index contributed by atoms with van der Waals surface area (Å²) in [5, 5.41) is 3.09. The molecule has 3 nitrogen and oxygen atoms in total. The summed E-state index contributed by atoms with van der Waals surface area (Å²) < 4.78 is 0. The molecule has 0 radical (unpaired) electrons. The number of aryl methyl sites for hydroxylation is 1. The minimum absolute atomic E-state index is 0.00141. The highest BCUT2D eigenvalue weighted by molar-refractivity contribution is 7.98. The minimum atomic E-state index is 0.00141. The van der Waals surface area contributed by atoms with Crippen LogP contribution in [0.15, 0.2) is 48.5 Å². The summed E-state index contributed by atoms with van der Waals surface area (Å²) in [4.78, 5) is 16.6. The molecule has 122 valence electrons. The van der Waals surface area contributed by atoms with E-state index in [1.165, 1.54) is 5.56 Å². The van der Waals surface area contributed by atoms with Gasteiger partial charge in [0.2, 0.25) is 5.91 Å². The van der Waals surface area contributed by atoms with Gasteiger partial charge in [-0.25, -0.2) is 0 Å². The van der Waals surface area contributed by atoms with Crippen LogP contribution in [0.3, 0.4) is 0 Å². The summed E-state index contributed by atoms with van der Waals surface area (Å²) in [7, 11) is 0. The van der Waals surface area contributed by atoms with E-state index in [2.05, 4.69) is 29.4 Å². The van der Waals surface area contributed by atoms with Gasteiger partial charge in [0, 0.05) is 23.6 Å². The minimum Gasteiger partial charge on any atom is -0.348 e. The fraction of sp³-hybridized carbons (Fsp3) is 0.368. The van der Waals surface area contributed by atoms with Crippen LogP contribution in [0, 0.1) is 6.92 Å². The summed E-state index contributed by atoms with van der Waals surface area (Å²) in [5.74, 6) is 1.88. The van der Waals surface area contributed by atoms with Crippen LogP contribution in [0.5, 0.6) is 0 Å². The Bertz CT molecular complexity index is 616. The van der Waals surface area contributed by atoms with E-state index in [0.717, 1.165) is 29.3 Å².